The van der Waals surface area contributed by atoms with Crippen molar-refractivity contribution >= 4 is 6.29 Å². The fourth-order valence-electron chi connectivity index (χ4n) is 0.772. The Bertz CT molecular complexity index is 84.3. The molecular weight excluding hydrogens is 120 g/mol. The maximum Gasteiger partial charge on any atom is 0.148 e. The van der Waals surface area contributed by atoms with E-state index in [0.29, 0.717) is 6.61 Å². The van der Waals surface area contributed by atoms with Crippen LogP contribution in [0.25, 0.3) is 0 Å². The minimum atomic E-state index is -0.229. The third-order valence-corrected chi connectivity index (χ3v) is 1.29. The third-order valence-electron chi connectivity index (χ3n) is 1.29. The van der Waals surface area contributed by atoms with Gasteiger partial charge in [0.05, 0.1) is 0 Å². The van der Waals surface area contributed by atoms with Gasteiger partial charge in [0, 0.05) is 6.61 Å². The molecule has 1 aliphatic rings. The smallest absolute Gasteiger partial charge is 0.148 e. The Balaban J connectivity index is 2.26. The maximum atomic E-state index is 10.1. The van der Waals surface area contributed by atoms with Crippen LogP contribution in [0.15, 0.2) is 0 Å². The van der Waals surface area contributed by atoms with Crippen LogP contribution in [0.1, 0.15) is 12.8 Å². The van der Waals surface area contributed by atoms with E-state index in [1.807, 2.05) is 0 Å². The van der Waals surface area contributed by atoms with Gasteiger partial charge in [-0.1, -0.05) is 0 Å². The summed E-state index contributed by atoms with van der Waals surface area (Å²) in [5.41, 5.74) is 0. The van der Waals surface area contributed by atoms with Gasteiger partial charge in [-0.2, -0.15) is 0 Å². The summed E-state index contributed by atoms with van der Waals surface area (Å²) in [6, 6.07) is 0. The number of carbonyl (C=O) groups is 1. The summed E-state index contributed by atoms with van der Waals surface area (Å²) in [7, 11) is 0. The van der Waals surface area contributed by atoms with Crippen molar-refractivity contribution in [1.29, 1.82) is 0 Å². The molecule has 1 fully saturated rings. The van der Waals surface area contributed by atoms with Crippen LogP contribution in [0.3, 0.4) is 0 Å². The van der Waals surface area contributed by atoms with E-state index in [0.717, 1.165) is 19.1 Å². The summed E-state index contributed by atoms with van der Waals surface area (Å²) < 4.78 is 9.91. The molecule has 1 aliphatic heterocycles. The number of rotatable bonds is 1. The van der Waals surface area contributed by atoms with Gasteiger partial charge in [-0.3, -0.25) is 0 Å². The molecule has 52 valence electrons. The number of hydrogen-bond donors (Lipinski definition) is 0. The number of carbonyl (C=O) groups excluding carboxylic acids is 1. The van der Waals surface area contributed by atoms with Crippen molar-refractivity contribution in [2.75, 3.05) is 13.4 Å². The standard InChI is InChI=1S/C6H10O3/c7-4-6-2-1-3-8-5-9-6/h4,6H,1-3,5H2/t6-/m0/s1. The highest BCUT2D eigenvalue weighted by molar-refractivity contribution is 5.55. The molecule has 1 atom stereocenters. The molecule has 3 nitrogen and oxygen atoms in total. The molecule has 0 radical (unpaired) electrons. The second-order valence-electron chi connectivity index (χ2n) is 2.01. The number of hydrogen-bond acceptors (Lipinski definition) is 3. The first-order valence-electron chi connectivity index (χ1n) is 3.08. The van der Waals surface area contributed by atoms with Gasteiger partial charge in [-0.15, -0.1) is 0 Å². The molecule has 0 spiro atoms. The Morgan fingerprint density at radius 2 is 2.44 bits per heavy atom. The quantitative estimate of drug-likeness (QED) is 0.480. The first-order valence-corrected chi connectivity index (χ1v) is 3.08. The molecule has 3 heteroatoms. The lowest BCUT2D eigenvalue weighted by Gasteiger charge is -2.03. The van der Waals surface area contributed by atoms with Crippen molar-refractivity contribution in [2.24, 2.45) is 0 Å². The zero-order chi connectivity index (χ0) is 6.53. The average Bonchev–Trinajstić information content (AvgIpc) is 2.13. The van der Waals surface area contributed by atoms with Gasteiger partial charge in [0.1, 0.15) is 19.2 Å². The fourth-order valence-corrected chi connectivity index (χ4v) is 0.772. The Morgan fingerprint density at radius 1 is 1.56 bits per heavy atom. The van der Waals surface area contributed by atoms with E-state index in [1.54, 1.807) is 0 Å². The van der Waals surface area contributed by atoms with E-state index in [9.17, 15) is 4.79 Å². The number of aldehydes is 1. The van der Waals surface area contributed by atoms with E-state index < -0.39 is 0 Å². The van der Waals surface area contributed by atoms with E-state index in [-0.39, 0.29) is 12.9 Å². The van der Waals surface area contributed by atoms with Crippen LogP contribution in [-0.4, -0.2) is 25.8 Å². The molecule has 0 aromatic rings. The van der Waals surface area contributed by atoms with Crippen molar-refractivity contribution in [3.05, 3.63) is 0 Å². The molecule has 1 rings (SSSR count). The molecule has 0 aromatic carbocycles. The minimum absolute atomic E-state index is 0.229. The largest absolute Gasteiger partial charge is 0.355 e. The van der Waals surface area contributed by atoms with Crippen molar-refractivity contribution in [1.82, 2.24) is 0 Å². The van der Waals surface area contributed by atoms with Gasteiger partial charge in [-0.25, -0.2) is 0 Å². The summed E-state index contributed by atoms with van der Waals surface area (Å²) in [5.74, 6) is 0. The predicted molar refractivity (Wildman–Crippen MR) is 31.0 cm³/mol. The van der Waals surface area contributed by atoms with E-state index in [1.165, 1.54) is 0 Å². The summed E-state index contributed by atoms with van der Waals surface area (Å²) in [5, 5.41) is 0. The lowest BCUT2D eigenvalue weighted by atomic mass is 10.2. The summed E-state index contributed by atoms with van der Waals surface area (Å²) in [4.78, 5) is 10.1. The SMILES string of the molecule is O=C[C@@H]1CCCOCO1. The molecule has 1 heterocycles. The van der Waals surface area contributed by atoms with Gasteiger partial charge < -0.3 is 14.3 Å². The maximum absolute atomic E-state index is 10.1. The van der Waals surface area contributed by atoms with E-state index in [2.05, 4.69) is 0 Å². The predicted octanol–water partition coefficient (Wildman–Crippen LogP) is 0.338. The van der Waals surface area contributed by atoms with Crippen LogP contribution in [0.5, 0.6) is 0 Å². The Hall–Kier alpha value is -0.410. The molecule has 9 heavy (non-hydrogen) atoms. The highest BCUT2D eigenvalue weighted by Crippen LogP contribution is 2.04. The topological polar surface area (TPSA) is 35.5 Å². The molecule has 0 saturated carbocycles. The Morgan fingerprint density at radius 3 is 3.22 bits per heavy atom. The van der Waals surface area contributed by atoms with Gasteiger partial charge in [0.25, 0.3) is 0 Å². The second-order valence-corrected chi connectivity index (χ2v) is 2.01. The Kier molecular flexibility index (Phi) is 2.67. The first kappa shape index (κ1) is 6.71. The van der Waals surface area contributed by atoms with Crippen molar-refractivity contribution < 1.29 is 14.3 Å². The molecule has 0 amide bonds. The lowest BCUT2D eigenvalue weighted by Crippen LogP contribution is -2.12. The zero-order valence-corrected chi connectivity index (χ0v) is 5.21. The minimum Gasteiger partial charge on any atom is -0.355 e. The monoisotopic (exact) mass is 130 g/mol. The molecule has 0 bridgehead atoms. The average molecular weight is 130 g/mol. The summed E-state index contributed by atoms with van der Waals surface area (Å²) in [6.45, 7) is 0.980. The van der Waals surface area contributed by atoms with Crippen LogP contribution in [0.4, 0.5) is 0 Å². The molecule has 0 unspecified atom stereocenters. The molecule has 0 aromatic heterocycles. The molecular formula is C6H10O3. The van der Waals surface area contributed by atoms with E-state index in [4.69, 9.17) is 9.47 Å². The van der Waals surface area contributed by atoms with Crippen LogP contribution in [-0.2, 0) is 14.3 Å². The normalized spacial score (nSPS) is 29.1. The van der Waals surface area contributed by atoms with Gasteiger partial charge in [-0.05, 0) is 12.8 Å². The van der Waals surface area contributed by atoms with Crippen molar-refractivity contribution in [3.8, 4) is 0 Å². The molecule has 0 N–H and O–H groups in total. The highest BCUT2D eigenvalue weighted by Gasteiger charge is 2.09. The van der Waals surface area contributed by atoms with Gasteiger partial charge >= 0.3 is 0 Å². The van der Waals surface area contributed by atoms with Crippen molar-refractivity contribution in [3.63, 3.8) is 0 Å². The molecule has 0 aliphatic carbocycles. The van der Waals surface area contributed by atoms with Gasteiger partial charge in [0.15, 0.2) is 0 Å². The fraction of sp³-hybridized carbons (Fsp3) is 0.833. The highest BCUT2D eigenvalue weighted by atomic mass is 16.7. The van der Waals surface area contributed by atoms with Crippen LogP contribution >= 0.6 is 0 Å². The lowest BCUT2D eigenvalue weighted by molar-refractivity contribution is -0.125. The van der Waals surface area contributed by atoms with E-state index >= 15 is 0 Å². The Labute approximate surface area is 53.9 Å². The van der Waals surface area contributed by atoms with Crippen molar-refractivity contribution in [2.45, 2.75) is 18.9 Å². The second kappa shape index (κ2) is 3.58. The van der Waals surface area contributed by atoms with Crippen LogP contribution < -0.4 is 0 Å². The molecule has 1 saturated heterocycles. The van der Waals surface area contributed by atoms with Gasteiger partial charge in [0.2, 0.25) is 0 Å². The van der Waals surface area contributed by atoms with Crippen LogP contribution in [0.2, 0.25) is 0 Å². The third kappa shape index (κ3) is 2.11. The summed E-state index contributed by atoms with van der Waals surface area (Å²) >= 11 is 0. The zero-order valence-electron chi connectivity index (χ0n) is 5.21. The summed E-state index contributed by atoms with van der Waals surface area (Å²) in [6.07, 6.45) is 2.31. The number of ether oxygens (including phenoxy) is 2. The van der Waals surface area contributed by atoms with Crippen LogP contribution in [0, 0.1) is 0 Å². The first-order chi connectivity index (χ1) is 4.43.